The highest BCUT2D eigenvalue weighted by atomic mass is 14.9. The summed E-state index contributed by atoms with van der Waals surface area (Å²) in [6, 6.07) is 11.3. The second-order valence-corrected chi connectivity index (χ2v) is 4.11. The van der Waals surface area contributed by atoms with E-state index in [0.29, 0.717) is 11.4 Å². The summed E-state index contributed by atoms with van der Waals surface area (Å²) in [7, 11) is 0. The molecule has 18 heavy (non-hydrogen) atoms. The van der Waals surface area contributed by atoms with Gasteiger partial charge in [0.1, 0.15) is 0 Å². The minimum absolute atomic E-state index is 0.625. The molecular weight excluding hydrogens is 226 g/mol. The molecule has 3 aromatic rings. The number of hydrogen-bond donors (Lipinski definition) is 4. The van der Waals surface area contributed by atoms with E-state index in [1.54, 1.807) is 12.4 Å². The highest BCUT2D eigenvalue weighted by Gasteiger charge is 2.02. The molecule has 0 amide bonds. The molecule has 6 N–H and O–H groups in total. The number of fused-ring (bicyclic) bond motifs is 1. The first kappa shape index (κ1) is 10.5. The number of aromatic amines is 1. The molecule has 2 aromatic carbocycles. The van der Waals surface area contributed by atoms with E-state index in [4.69, 9.17) is 11.5 Å². The fraction of sp³-hybridized carbons (Fsp3) is 0. The van der Waals surface area contributed by atoms with Crippen molar-refractivity contribution in [2.24, 2.45) is 0 Å². The molecule has 0 fully saturated rings. The Morgan fingerprint density at radius 1 is 1.06 bits per heavy atom. The minimum Gasteiger partial charge on any atom is -0.399 e. The van der Waals surface area contributed by atoms with Gasteiger partial charge in [0.2, 0.25) is 0 Å². The van der Waals surface area contributed by atoms with Crippen molar-refractivity contribution in [3.8, 4) is 0 Å². The standard InChI is InChI=1S/C13H13N5/c14-8-1-3-11(10(15)5-8)18-9-2-4-12-13(6-9)17-7-16-12/h1-7,18H,14-15H2,(H,16,17). The Kier molecular flexibility index (Phi) is 2.30. The summed E-state index contributed by atoms with van der Waals surface area (Å²) in [6.07, 6.45) is 1.67. The molecular formula is C13H13N5. The second kappa shape index (κ2) is 3.96. The number of nitrogens with one attached hydrogen (secondary N) is 2. The van der Waals surface area contributed by atoms with E-state index in [-0.39, 0.29) is 0 Å². The quantitative estimate of drug-likeness (QED) is 0.517. The molecule has 5 nitrogen and oxygen atoms in total. The van der Waals surface area contributed by atoms with Crippen LogP contribution in [0.1, 0.15) is 0 Å². The van der Waals surface area contributed by atoms with Crippen LogP contribution in [0.25, 0.3) is 11.0 Å². The van der Waals surface area contributed by atoms with Crippen LogP contribution in [0.2, 0.25) is 0 Å². The maximum Gasteiger partial charge on any atom is 0.0931 e. The number of benzene rings is 2. The van der Waals surface area contributed by atoms with Crippen LogP contribution in [0.4, 0.5) is 22.7 Å². The Hall–Kier alpha value is -2.69. The average Bonchev–Trinajstić information content (AvgIpc) is 2.80. The summed E-state index contributed by atoms with van der Waals surface area (Å²) in [4.78, 5) is 7.24. The lowest BCUT2D eigenvalue weighted by atomic mass is 10.2. The molecule has 0 aliphatic rings. The van der Waals surface area contributed by atoms with Crippen molar-refractivity contribution in [2.75, 3.05) is 16.8 Å². The molecule has 0 radical (unpaired) electrons. The number of nitrogens with two attached hydrogens (primary N) is 2. The predicted octanol–water partition coefficient (Wildman–Crippen LogP) is 2.47. The van der Waals surface area contributed by atoms with Gasteiger partial charge < -0.3 is 21.8 Å². The summed E-state index contributed by atoms with van der Waals surface area (Å²) < 4.78 is 0. The molecule has 0 aliphatic carbocycles. The van der Waals surface area contributed by atoms with Crippen LogP contribution in [-0.2, 0) is 0 Å². The van der Waals surface area contributed by atoms with Crippen LogP contribution in [0, 0.1) is 0 Å². The fourth-order valence-electron chi connectivity index (χ4n) is 1.86. The van der Waals surface area contributed by atoms with Crippen molar-refractivity contribution in [1.82, 2.24) is 9.97 Å². The Morgan fingerprint density at radius 3 is 2.78 bits per heavy atom. The van der Waals surface area contributed by atoms with Gasteiger partial charge in [0.15, 0.2) is 0 Å². The zero-order valence-corrected chi connectivity index (χ0v) is 9.64. The normalized spacial score (nSPS) is 10.7. The number of hydrogen-bond acceptors (Lipinski definition) is 4. The zero-order valence-electron chi connectivity index (χ0n) is 9.64. The van der Waals surface area contributed by atoms with Crippen LogP contribution in [0.3, 0.4) is 0 Å². The molecule has 0 unspecified atom stereocenters. The van der Waals surface area contributed by atoms with Gasteiger partial charge in [-0.15, -0.1) is 0 Å². The predicted molar refractivity (Wildman–Crippen MR) is 74.6 cm³/mol. The maximum atomic E-state index is 5.90. The van der Waals surface area contributed by atoms with Crippen molar-refractivity contribution < 1.29 is 0 Å². The summed E-state index contributed by atoms with van der Waals surface area (Å²) in [5, 5.41) is 3.25. The van der Waals surface area contributed by atoms with Crippen LogP contribution in [0.15, 0.2) is 42.7 Å². The molecule has 0 saturated carbocycles. The van der Waals surface area contributed by atoms with Gasteiger partial charge >= 0.3 is 0 Å². The summed E-state index contributed by atoms with van der Waals surface area (Å²) in [6.45, 7) is 0. The third-order valence-electron chi connectivity index (χ3n) is 2.77. The van der Waals surface area contributed by atoms with Gasteiger partial charge in [-0.1, -0.05) is 0 Å². The number of nitrogen functional groups attached to an aromatic ring is 2. The smallest absolute Gasteiger partial charge is 0.0931 e. The lowest BCUT2D eigenvalue weighted by molar-refractivity contribution is 1.34. The van der Waals surface area contributed by atoms with E-state index in [0.717, 1.165) is 22.4 Å². The molecule has 0 bridgehead atoms. The van der Waals surface area contributed by atoms with Gasteiger partial charge in [-0.3, -0.25) is 0 Å². The molecule has 0 saturated heterocycles. The highest BCUT2D eigenvalue weighted by Crippen LogP contribution is 2.26. The topological polar surface area (TPSA) is 92.7 Å². The minimum atomic E-state index is 0.625. The number of H-pyrrole nitrogens is 1. The first-order valence-electron chi connectivity index (χ1n) is 5.57. The van der Waals surface area contributed by atoms with E-state index < -0.39 is 0 Å². The Balaban J connectivity index is 1.95. The lowest BCUT2D eigenvalue weighted by Crippen LogP contribution is -1.97. The molecule has 90 valence electrons. The zero-order chi connectivity index (χ0) is 12.5. The van der Waals surface area contributed by atoms with E-state index in [2.05, 4.69) is 15.3 Å². The molecule has 1 heterocycles. The summed E-state index contributed by atoms with van der Waals surface area (Å²) in [5.41, 5.74) is 16.5. The fourth-order valence-corrected chi connectivity index (χ4v) is 1.86. The maximum absolute atomic E-state index is 5.90. The molecule has 1 aromatic heterocycles. The second-order valence-electron chi connectivity index (χ2n) is 4.11. The molecule has 3 rings (SSSR count). The first-order valence-corrected chi connectivity index (χ1v) is 5.57. The third kappa shape index (κ3) is 1.82. The summed E-state index contributed by atoms with van der Waals surface area (Å²) >= 11 is 0. The van der Waals surface area contributed by atoms with Crippen molar-refractivity contribution in [1.29, 1.82) is 0 Å². The van der Waals surface area contributed by atoms with Crippen molar-refractivity contribution in [2.45, 2.75) is 0 Å². The van der Waals surface area contributed by atoms with E-state index in [9.17, 15) is 0 Å². The molecule has 0 aliphatic heterocycles. The Bertz CT molecular complexity index is 701. The van der Waals surface area contributed by atoms with Gasteiger partial charge in [-0.2, -0.15) is 0 Å². The van der Waals surface area contributed by atoms with Crippen molar-refractivity contribution in [3.63, 3.8) is 0 Å². The van der Waals surface area contributed by atoms with Gasteiger partial charge in [-0.05, 0) is 36.4 Å². The number of rotatable bonds is 2. The van der Waals surface area contributed by atoms with Gasteiger partial charge in [0.25, 0.3) is 0 Å². The number of imidazole rings is 1. The van der Waals surface area contributed by atoms with E-state index in [1.807, 2.05) is 30.3 Å². The average molecular weight is 239 g/mol. The summed E-state index contributed by atoms with van der Waals surface area (Å²) in [5.74, 6) is 0. The largest absolute Gasteiger partial charge is 0.399 e. The van der Waals surface area contributed by atoms with Crippen LogP contribution in [-0.4, -0.2) is 9.97 Å². The Labute approximate surface area is 104 Å². The highest BCUT2D eigenvalue weighted by molar-refractivity contribution is 5.82. The van der Waals surface area contributed by atoms with E-state index in [1.165, 1.54) is 0 Å². The van der Waals surface area contributed by atoms with Gasteiger partial charge in [0, 0.05) is 11.4 Å². The molecule has 0 spiro atoms. The van der Waals surface area contributed by atoms with Gasteiger partial charge in [-0.25, -0.2) is 4.98 Å². The Morgan fingerprint density at radius 2 is 1.94 bits per heavy atom. The van der Waals surface area contributed by atoms with Crippen molar-refractivity contribution >= 4 is 33.8 Å². The monoisotopic (exact) mass is 239 g/mol. The number of anilines is 4. The lowest BCUT2D eigenvalue weighted by Gasteiger charge is -2.09. The molecule has 5 heteroatoms. The number of aromatic nitrogens is 2. The van der Waals surface area contributed by atoms with Crippen LogP contribution >= 0.6 is 0 Å². The molecule has 0 atom stereocenters. The van der Waals surface area contributed by atoms with Crippen LogP contribution < -0.4 is 16.8 Å². The van der Waals surface area contributed by atoms with Gasteiger partial charge in [0.05, 0.1) is 28.7 Å². The van der Waals surface area contributed by atoms with Crippen LogP contribution in [0.5, 0.6) is 0 Å². The first-order chi connectivity index (χ1) is 8.72. The SMILES string of the molecule is Nc1ccc(Nc2ccc3nc[nH]c3c2)c(N)c1. The number of nitrogens with zero attached hydrogens (tertiary/aromatic N) is 1. The third-order valence-corrected chi connectivity index (χ3v) is 2.77. The van der Waals surface area contributed by atoms with Crippen molar-refractivity contribution in [3.05, 3.63) is 42.7 Å². The van der Waals surface area contributed by atoms with E-state index >= 15 is 0 Å².